The molecule has 0 bridgehead atoms. The Kier molecular flexibility index (Phi) is 7.49. The van der Waals surface area contributed by atoms with E-state index in [0.29, 0.717) is 6.61 Å². The molecule has 4 rings (SSSR count). The van der Waals surface area contributed by atoms with Crippen LogP contribution in [0.15, 0.2) is 48.5 Å². The smallest absolute Gasteiger partial charge is 0.414 e. The minimum Gasteiger partial charge on any atom is -0.493 e. The number of para-hydroxylation sites is 2. The summed E-state index contributed by atoms with van der Waals surface area (Å²) in [5, 5.41) is 16.0. The normalized spacial score (nSPS) is 12.8. The Labute approximate surface area is 186 Å². The molecule has 1 saturated heterocycles. The Morgan fingerprint density at radius 2 is 1.66 bits per heavy atom. The van der Waals surface area contributed by atoms with Crippen LogP contribution in [0, 0.1) is 6.92 Å². The fourth-order valence-corrected chi connectivity index (χ4v) is 3.59. The van der Waals surface area contributed by atoms with Crippen LogP contribution < -0.4 is 14.4 Å². The van der Waals surface area contributed by atoms with Gasteiger partial charge >= 0.3 is 11.9 Å². The van der Waals surface area contributed by atoms with Gasteiger partial charge in [0, 0.05) is 29.9 Å². The van der Waals surface area contributed by atoms with Crippen LogP contribution in [0.2, 0.25) is 0 Å². The van der Waals surface area contributed by atoms with Gasteiger partial charge in [-0.3, -0.25) is 4.98 Å². The number of benzene rings is 2. The summed E-state index contributed by atoms with van der Waals surface area (Å²) < 4.78 is 11.3. The zero-order chi connectivity index (χ0) is 23.1. The van der Waals surface area contributed by atoms with Gasteiger partial charge in [0.25, 0.3) is 0 Å². The van der Waals surface area contributed by atoms with E-state index in [1.807, 2.05) is 24.3 Å². The lowest BCUT2D eigenvalue weighted by Gasteiger charge is -2.20. The van der Waals surface area contributed by atoms with Gasteiger partial charge < -0.3 is 24.6 Å². The number of fused-ring (bicyclic) bond motifs is 1. The third-order valence-electron chi connectivity index (χ3n) is 5.07. The molecule has 1 fully saturated rings. The van der Waals surface area contributed by atoms with E-state index < -0.39 is 11.9 Å². The molecule has 0 unspecified atom stereocenters. The molecule has 0 atom stereocenters. The molecule has 2 aromatic carbocycles. The third kappa shape index (κ3) is 5.66. The fraction of sp³-hybridized carbons (Fsp3) is 0.292. The zero-order valence-corrected chi connectivity index (χ0v) is 18.1. The molecular formula is C24H26N2O6. The number of aliphatic carboxylic acids is 2. The standard InChI is InChI=1S/C22H24N2O2.C2H2O4/c1-16-13-20(24-11-5-6-12-24)18-10-9-17(14-19(18)23-16)15-26-22-8-4-3-7-21(22)25-2;3-1(4)2(5)6/h3-4,7-10,13-14H,5-6,11-12,15H2,1-2H3;(H,3,4)(H,5,6). The van der Waals surface area contributed by atoms with E-state index >= 15 is 0 Å². The van der Waals surface area contributed by atoms with Crippen molar-refractivity contribution >= 4 is 28.5 Å². The van der Waals surface area contributed by atoms with Gasteiger partial charge in [-0.1, -0.05) is 24.3 Å². The fourth-order valence-electron chi connectivity index (χ4n) is 3.59. The second-order valence-electron chi connectivity index (χ2n) is 7.38. The van der Waals surface area contributed by atoms with E-state index in [2.05, 4.69) is 36.1 Å². The largest absolute Gasteiger partial charge is 0.493 e. The highest BCUT2D eigenvalue weighted by Gasteiger charge is 2.16. The van der Waals surface area contributed by atoms with Crippen LogP contribution in [0.1, 0.15) is 24.1 Å². The summed E-state index contributed by atoms with van der Waals surface area (Å²) in [7, 11) is 1.66. The lowest BCUT2D eigenvalue weighted by molar-refractivity contribution is -0.159. The van der Waals surface area contributed by atoms with Gasteiger partial charge in [0.15, 0.2) is 11.5 Å². The second-order valence-corrected chi connectivity index (χ2v) is 7.38. The number of methoxy groups -OCH3 is 1. The number of anilines is 1. The Morgan fingerprint density at radius 3 is 2.28 bits per heavy atom. The number of rotatable bonds is 5. The van der Waals surface area contributed by atoms with Gasteiger partial charge in [0.05, 0.1) is 12.6 Å². The maximum absolute atomic E-state index is 9.10. The van der Waals surface area contributed by atoms with Crippen molar-refractivity contribution < 1.29 is 29.3 Å². The van der Waals surface area contributed by atoms with Gasteiger partial charge in [0.2, 0.25) is 0 Å². The quantitative estimate of drug-likeness (QED) is 0.578. The highest BCUT2D eigenvalue weighted by atomic mass is 16.5. The minimum atomic E-state index is -1.82. The first-order chi connectivity index (χ1) is 15.4. The second kappa shape index (κ2) is 10.5. The lowest BCUT2D eigenvalue weighted by atomic mass is 10.1. The van der Waals surface area contributed by atoms with Crippen LogP contribution in [0.25, 0.3) is 10.9 Å². The molecule has 2 N–H and O–H groups in total. The maximum Gasteiger partial charge on any atom is 0.414 e. The summed E-state index contributed by atoms with van der Waals surface area (Å²) in [6, 6.07) is 16.4. The van der Waals surface area contributed by atoms with Crippen molar-refractivity contribution in [3.8, 4) is 11.5 Å². The van der Waals surface area contributed by atoms with E-state index in [9.17, 15) is 0 Å². The van der Waals surface area contributed by atoms with Crippen LogP contribution in [0.4, 0.5) is 5.69 Å². The Bertz CT molecular complexity index is 1100. The van der Waals surface area contributed by atoms with E-state index in [-0.39, 0.29) is 0 Å². The number of hydrogen-bond donors (Lipinski definition) is 2. The first kappa shape index (κ1) is 22.9. The predicted octanol–water partition coefficient (Wildman–Crippen LogP) is 3.89. The Balaban J connectivity index is 0.000000427. The lowest BCUT2D eigenvalue weighted by Crippen LogP contribution is -2.18. The molecule has 168 valence electrons. The number of hydrogen-bond acceptors (Lipinski definition) is 6. The Hall–Kier alpha value is -3.81. The maximum atomic E-state index is 9.10. The molecule has 3 aromatic rings. The van der Waals surface area contributed by atoms with Crippen molar-refractivity contribution in [3.63, 3.8) is 0 Å². The Morgan fingerprint density at radius 1 is 1.00 bits per heavy atom. The third-order valence-corrected chi connectivity index (χ3v) is 5.07. The van der Waals surface area contributed by atoms with Crippen molar-refractivity contribution in [2.75, 3.05) is 25.1 Å². The number of carboxylic acid groups (broad SMARTS) is 2. The monoisotopic (exact) mass is 438 g/mol. The van der Waals surface area contributed by atoms with Crippen molar-refractivity contribution in [3.05, 3.63) is 59.8 Å². The van der Waals surface area contributed by atoms with Crippen molar-refractivity contribution in [1.29, 1.82) is 0 Å². The molecule has 8 heteroatoms. The molecule has 2 heterocycles. The van der Waals surface area contributed by atoms with Gasteiger partial charge in [-0.15, -0.1) is 0 Å². The van der Waals surface area contributed by atoms with Crippen LogP contribution >= 0.6 is 0 Å². The summed E-state index contributed by atoms with van der Waals surface area (Å²) in [6.07, 6.45) is 2.54. The summed E-state index contributed by atoms with van der Waals surface area (Å²) in [5.41, 5.74) is 4.51. The summed E-state index contributed by atoms with van der Waals surface area (Å²) in [6.45, 7) is 4.83. The molecule has 1 aliphatic rings. The molecule has 0 aliphatic carbocycles. The molecule has 1 aromatic heterocycles. The average Bonchev–Trinajstić information content (AvgIpc) is 3.32. The number of carboxylic acids is 2. The minimum absolute atomic E-state index is 0.491. The number of ether oxygens (including phenoxy) is 2. The molecule has 0 radical (unpaired) electrons. The molecule has 0 amide bonds. The topological polar surface area (TPSA) is 109 Å². The molecule has 8 nitrogen and oxygen atoms in total. The zero-order valence-electron chi connectivity index (χ0n) is 18.1. The SMILES string of the molecule is COc1ccccc1OCc1ccc2c(N3CCCC3)cc(C)nc2c1.O=C(O)C(=O)O. The molecular weight excluding hydrogens is 412 g/mol. The van der Waals surface area contributed by atoms with Crippen LogP contribution in [0.3, 0.4) is 0 Å². The number of pyridine rings is 1. The summed E-state index contributed by atoms with van der Waals surface area (Å²) in [5.74, 6) is -2.14. The number of aryl methyl sites for hydroxylation is 1. The van der Waals surface area contributed by atoms with E-state index in [1.54, 1.807) is 7.11 Å². The van der Waals surface area contributed by atoms with E-state index in [4.69, 9.17) is 34.3 Å². The van der Waals surface area contributed by atoms with Crippen molar-refractivity contribution in [2.45, 2.75) is 26.4 Å². The molecule has 0 saturated carbocycles. The molecule has 32 heavy (non-hydrogen) atoms. The van der Waals surface area contributed by atoms with Gasteiger partial charge in [-0.2, -0.15) is 0 Å². The van der Waals surface area contributed by atoms with Crippen LogP contribution in [0.5, 0.6) is 11.5 Å². The average molecular weight is 438 g/mol. The first-order valence-electron chi connectivity index (χ1n) is 10.3. The number of aromatic nitrogens is 1. The molecule has 1 aliphatic heterocycles. The van der Waals surface area contributed by atoms with Gasteiger partial charge in [-0.25, -0.2) is 9.59 Å². The first-order valence-corrected chi connectivity index (χ1v) is 10.3. The molecule has 0 spiro atoms. The predicted molar refractivity (Wildman–Crippen MR) is 121 cm³/mol. The van der Waals surface area contributed by atoms with Crippen LogP contribution in [-0.4, -0.2) is 47.3 Å². The number of nitrogens with zero attached hydrogens (tertiary/aromatic N) is 2. The summed E-state index contributed by atoms with van der Waals surface area (Å²) >= 11 is 0. The summed E-state index contributed by atoms with van der Waals surface area (Å²) in [4.78, 5) is 25.4. The van der Waals surface area contributed by atoms with Crippen LogP contribution in [-0.2, 0) is 16.2 Å². The highest BCUT2D eigenvalue weighted by Crippen LogP contribution is 2.31. The van der Waals surface area contributed by atoms with Gasteiger partial charge in [0.1, 0.15) is 6.61 Å². The number of carbonyl (C=O) groups is 2. The van der Waals surface area contributed by atoms with E-state index in [0.717, 1.165) is 41.4 Å². The van der Waals surface area contributed by atoms with E-state index in [1.165, 1.54) is 23.9 Å². The van der Waals surface area contributed by atoms with Gasteiger partial charge in [-0.05, 0) is 49.6 Å². The highest BCUT2D eigenvalue weighted by molar-refractivity contribution is 6.27. The van der Waals surface area contributed by atoms with Crippen molar-refractivity contribution in [2.24, 2.45) is 0 Å². The van der Waals surface area contributed by atoms with Crippen molar-refractivity contribution in [1.82, 2.24) is 4.98 Å².